The SMILES string of the molecule is COc1ccc(CCN[C@@H]2CC(=O)N(c3ccc(OC(F)(F)Cl)cc3)C2=O)cc1OC. The van der Waals surface area contributed by atoms with Crippen LogP contribution in [0.3, 0.4) is 0 Å². The lowest BCUT2D eigenvalue weighted by Crippen LogP contribution is -2.39. The van der Waals surface area contributed by atoms with E-state index in [9.17, 15) is 18.4 Å². The van der Waals surface area contributed by atoms with Gasteiger partial charge in [0.15, 0.2) is 11.5 Å². The summed E-state index contributed by atoms with van der Waals surface area (Å²) in [7, 11) is 3.11. The number of methoxy groups -OCH3 is 2. The molecule has 1 saturated heterocycles. The molecule has 2 aromatic rings. The minimum atomic E-state index is -3.84. The zero-order valence-corrected chi connectivity index (χ0v) is 17.6. The minimum absolute atomic E-state index is 0.00275. The van der Waals surface area contributed by atoms with Crippen LogP contribution in [0.25, 0.3) is 0 Å². The molecule has 0 unspecified atom stereocenters. The third-order valence-electron chi connectivity index (χ3n) is 4.73. The van der Waals surface area contributed by atoms with Gasteiger partial charge in [0, 0.05) is 11.6 Å². The molecule has 0 aliphatic carbocycles. The Morgan fingerprint density at radius 1 is 1.10 bits per heavy atom. The quantitative estimate of drug-likeness (QED) is 0.462. The average Bonchev–Trinajstić information content (AvgIpc) is 3.00. The molecule has 1 heterocycles. The topological polar surface area (TPSA) is 77.1 Å². The van der Waals surface area contributed by atoms with Gasteiger partial charge in [-0.1, -0.05) is 6.07 Å². The van der Waals surface area contributed by atoms with Crippen molar-refractivity contribution in [2.75, 3.05) is 25.7 Å². The number of alkyl halides is 3. The third kappa shape index (κ3) is 5.62. The first kappa shape index (κ1) is 22.8. The maximum absolute atomic E-state index is 12.7. The monoisotopic (exact) mass is 454 g/mol. The van der Waals surface area contributed by atoms with Crippen LogP contribution in [-0.2, 0) is 16.0 Å². The smallest absolute Gasteiger partial charge is 0.487 e. The van der Waals surface area contributed by atoms with Crippen LogP contribution in [0, 0.1) is 0 Å². The molecule has 10 heteroatoms. The summed E-state index contributed by atoms with van der Waals surface area (Å²) in [5.74, 6) is 0.251. The normalized spacial score (nSPS) is 16.5. The number of nitrogens with zero attached hydrogens (tertiary/aromatic N) is 1. The third-order valence-corrected chi connectivity index (χ3v) is 4.80. The maximum atomic E-state index is 12.7. The number of amides is 2. The Labute approximate surface area is 182 Å². The second-order valence-electron chi connectivity index (χ2n) is 6.76. The van der Waals surface area contributed by atoms with Gasteiger partial charge in [0.1, 0.15) is 5.75 Å². The number of ether oxygens (including phenoxy) is 3. The van der Waals surface area contributed by atoms with E-state index in [1.807, 2.05) is 12.1 Å². The van der Waals surface area contributed by atoms with E-state index in [-0.39, 0.29) is 23.8 Å². The standard InChI is InChI=1S/C21H21ClF2N2O5/c1-29-17-8-3-13(11-18(17)30-2)9-10-25-16-12-19(27)26(20(16)28)14-4-6-15(7-5-14)31-21(22,23)24/h3-8,11,16,25H,9-10,12H2,1-2H3/t16-/m1/s1. The predicted molar refractivity (Wildman–Crippen MR) is 110 cm³/mol. The lowest BCUT2D eigenvalue weighted by Gasteiger charge is -2.17. The number of hydrogen-bond donors (Lipinski definition) is 1. The van der Waals surface area contributed by atoms with Crippen LogP contribution >= 0.6 is 11.6 Å². The van der Waals surface area contributed by atoms with Crippen LogP contribution in [0.5, 0.6) is 17.2 Å². The molecule has 1 aliphatic rings. The van der Waals surface area contributed by atoms with Crippen molar-refractivity contribution in [1.82, 2.24) is 5.32 Å². The second-order valence-corrected chi connectivity index (χ2v) is 7.20. The molecular weight excluding hydrogens is 434 g/mol. The van der Waals surface area contributed by atoms with Crippen LogP contribution in [0.4, 0.5) is 14.5 Å². The molecule has 3 rings (SSSR count). The molecule has 0 saturated carbocycles. The van der Waals surface area contributed by atoms with Gasteiger partial charge in [0.2, 0.25) is 5.91 Å². The van der Waals surface area contributed by atoms with E-state index in [4.69, 9.17) is 21.1 Å². The average molecular weight is 455 g/mol. The molecule has 2 amide bonds. The van der Waals surface area contributed by atoms with E-state index in [2.05, 4.69) is 10.1 Å². The lowest BCUT2D eigenvalue weighted by molar-refractivity contribution is -0.121. The minimum Gasteiger partial charge on any atom is -0.493 e. The molecule has 0 aromatic heterocycles. The van der Waals surface area contributed by atoms with Crippen molar-refractivity contribution in [2.24, 2.45) is 0 Å². The molecule has 2 aromatic carbocycles. The number of nitrogens with one attached hydrogen (secondary N) is 1. The van der Waals surface area contributed by atoms with Gasteiger partial charge in [-0.25, -0.2) is 4.90 Å². The van der Waals surface area contributed by atoms with Crippen molar-refractivity contribution in [1.29, 1.82) is 0 Å². The number of carbonyl (C=O) groups is 2. The molecule has 31 heavy (non-hydrogen) atoms. The molecule has 1 atom stereocenters. The van der Waals surface area contributed by atoms with E-state index in [1.165, 1.54) is 24.3 Å². The summed E-state index contributed by atoms with van der Waals surface area (Å²) < 4.78 is 40.1. The molecule has 0 radical (unpaired) electrons. The van der Waals surface area contributed by atoms with Crippen LogP contribution in [0.1, 0.15) is 12.0 Å². The molecule has 1 fully saturated rings. The molecule has 7 nitrogen and oxygen atoms in total. The van der Waals surface area contributed by atoms with Crippen LogP contribution in [0.2, 0.25) is 0 Å². The Morgan fingerprint density at radius 3 is 2.39 bits per heavy atom. The fraction of sp³-hybridized carbons (Fsp3) is 0.333. The Morgan fingerprint density at radius 2 is 1.77 bits per heavy atom. The summed E-state index contributed by atoms with van der Waals surface area (Å²) in [6, 6.07) is 9.99. The fourth-order valence-corrected chi connectivity index (χ4v) is 3.38. The van der Waals surface area contributed by atoms with Gasteiger partial charge < -0.3 is 19.5 Å². The van der Waals surface area contributed by atoms with Crippen molar-refractivity contribution < 1.29 is 32.6 Å². The highest BCUT2D eigenvalue weighted by Crippen LogP contribution is 2.30. The summed E-state index contributed by atoms with van der Waals surface area (Å²) in [5.41, 5.74) is -2.60. The first-order valence-corrected chi connectivity index (χ1v) is 9.76. The van der Waals surface area contributed by atoms with Gasteiger partial charge in [-0.2, -0.15) is 0 Å². The molecule has 166 valence electrons. The maximum Gasteiger partial charge on any atom is 0.487 e. The van der Waals surface area contributed by atoms with Crippen molar-refractivity contribution >= 4 is 29.1 Å². The predicted octanol–water partition coefficient (Wildman–Crippen LogP) is 3.34. The second kappa shape index (κ2) is 9.49. The molecule has 1 aliphatic heterocycles. The van der Waals surface area contributed by atoms with Crippen molar-refractivity contribution in [3.63, 3.8) is 0 Å². The summed E-state index contributed by atoms with van der Waals surface area (Å²) in [6.45, 7) is 0.463. The molecule has 0 bridgehead atoms. The number of rotatable bonds is 9. The van der Waals surface area contributed by atoms with Gasteiger partial charge in [0.05, 0.1) is 32.4 Å². The van der Waals surface area contributed by atoms with E-state index in [1.54, 1.807) is 20.3 Å². The highest BCUT2D eigenvalue weighted by molar-refractivity contribution is 6.22. The Bertz CT molecular complexity index is 950. The van der Waals surface area contributed by atoms with E-state index < -0.39 is 17.5 Å². The van der Waals surface area contributed by atoms with E-state index >= 15 is 0 Å². The Balaban J connectivity index is 1.59. The first-order valence-electron chi connectivity index (χ1n) is 9.38. The van der Waals surface area contributed by atoms with Gasteiger partial charge in [-0.3, -0.25) is 9.59 Å². The number of hydrogen-bond acceptors (Lipinski definition) is 6. The molecule has 0 spiro atoms. The van der Waals surface area contributed by atoms with Crippen LogP contribution in [0.15, 0.2) is 42.5 Å². The van der Waals surface area contributed by atoms with Crippen molar-refractivity contribution in [3.05, 3.63) is 48.0 Å². The van der Waals surface area contributed by atoms with E-state index in [0.29, 0.717) is 24.5 Å². The van der Waals surface area contributed by atoms with Crippen molar-refractivity contribution in [2.45, 2.75) is 24.5 Å². The van der Waals surface area contributed by atoms with Crippen LogP contribution < -0.4 is 24.4 Å². The largest absolute Gasteiger partial charge is 0.493 e. The number of imide groups is 1. The highest BCUT2D eigenvalue weighted by atomic mass is 35.5. The van der Waals surface area contributed by atoms with Gasteiger partial charge in [0.25, 0.3) is 5.91 Å². The Hall–Kier alpha value is -2.91. The first-order chi connectivity index (χ1) is 14.7. The number of carbonyl (C=O) groups excluding carboxylic acids is 2. The van der Waals surface area contributed by atoms with E-state index in [0.717, 1.165) is 10.5 Å². The lowest BCUT2D eigenvalue weighted by atomic mass is 10.1. The highest BCUT2D eigenvalue weighted by Gasteiger charge is 2.39. The van der Waals surface area contributed by atoms with Crippen LogP contribution in [-0.4, -0.2) is 44.2 Å². The van der Waals surface area contributed by atoms with Crippen molar-refractivity contribution in [3.8, 4) is 17.2 Å². The number of benzene rings is 2. The number of halogens is 3. The van der Waals surface area contributed by atoms with Gasteiger partial charge in [-0.15, -0.1) is 8.78 Å². The zero-order chi connectivity index (χ0) is 22.6. The summed E-state index contributed by atoms with van der Waals surface area (Å²) >= 11 is 4.73. The summed E-state index contributed by atoms with van der Waals surface area (Å²) in [6.07, 6.45) is 0.611. The fourth-order valence-electron chi connectivity index (χ4n) is 3.29. The summed E-state index contributed by atoms with van der Waals surface area (Å²) in [5, 5.41) is 3.09. The zero-order valence-electron chi connectivity index (χ0n) is 16.9. The van der Waals surface area contributed by atoms with Gasteiger partial charge >= 0.3 is 5.57 Å². The summed E-state index contributed by atoms with van der Waals surface area (Å²) in [4.78, 5) is 26.1. The van der Waals surface area contributed by atoms with Gasteiger partial charge in [-0.05, 0) is 54.9 Å². The molecule has 1 N–H and O–H groups in total. The number of anilines is 1. The molecular formula is C21H21ClF2N2O5. The Kier molecular flexibility index (Phi) is 6.97.